The van der Waals surface area contributed by atoms with Crippen molar-refractivity contribution in [3.05, 3.63) is 52.9 Å². The van der Waals surface area contributed by atoms with Gasteiger partial charge < -0.3 is 25.8 Å². The van der Waals surface area contributed by atoms with Crippen LogP contribution < -0.4 is 45.7 Å². The van der Waals surface area contributed by atoms with Crippen molar-refractivity contribution in [1.29, 1.82) is 0 Å². The average Bonchev–Trinajstić information content (AvgIpc) is 3.54. The number of nitrogen functional groups attached to an aromatic ring is 1. The van der Waals surface area contributed by atoms with Gasteiger partial charge in [-0.2, -0.15) is 0 Å². The fourth-order valence-corrected chi connectivity index (χ4v) is 6.97. The number of nitrogens with one attached hydrogen (secondary N) is 1. The van der Waals surface area contributed by atoms with E-state index in [1.165, 1.54) is 28.4 Å². The molecule has 192 valence electrons. The Labute approximate surface area is 251 Å². The number of carbonyl (C=O) groups excluding carboxylic acids is 3. The number of hydrogen-bond acceptors (Lipinski definition) is 12. The zero-order valence-corrected chi connectivity index (χ0v) is 24.8. The van der Waals surface area contributed by atoms with E-state index in [1.54, 1.807) is 18.5 Å². The molecule has 0 radical (unpaired) electrons. The number of aromatic nitrogens is 3. The van der Waals surface area contributed by atoms with E-state index in [0.29, 0.717) is 17.1 Å². The van der Waals surface area contributed by atoms with E-state index in [0.717, 1.165) is 22.0 Å². The van der Waals surface area contributed by atoms with Gasteiger partial charge in [-0.25, -0.2) is 9.97 Å². The normalized spacial score (nSPS) is 19.0. The number of imidazole rings is 1. The van der Waals surface area contributed by atoms with Crippen LogP contribution >= 0.6 is 34.9 Å². The molecule has 0 aromatic carbocycles. The fraction of sp³-hybridized carbons (Fsp3) is 0.273. The molecule has 3 aromatic heterocycles. The summed E-state index contributed by atoms with van der Waals surface area (Å²) in [5, 5.41) is 20.7. The van der Waals surface area contributed by atoms with Gasteiger partial charge in [0.15, 0.2) is 10.8 Å². The summed E-state index contributed by atoms with van der Waals surface area (Å²) >= 11 is 3.95. The number of nitrogens with two attached hydrogens (primary N) is 1. The summed E-state index contributed by atoms with van der Waals surface area (Å²) in [6.07, 6.45) is 3.51. The van der Waals surface area contributed by atoms with Gasteiger partial charge in [0.2, 0.25) is 0 Å². The van der Waals surface area contributed by atoms with E-state index in [9.17, 15) is 19.5 Å². The smallest absolute Gasteiger partial charge is 0.543 e. The van der Waals surface area contributed by atoms with Gasteiger partial charge in [-0.3, -0.25) is 18.9 Å². The number of rotatable bonds is 9. The summed E-state index contributed by atoms with van der Waals surface area (Å²) in [5.74, 6) is -1.95. The first kappa shape index (κ1) is 28.4. The number of oxime groups is 1. The molecule has 2 aliphatic heterocycles. The first-order valence-corrected chi connectivity index (χ1v) is 14.0. The average molecular weight is 582 g/mol. The predicted molar refractivity (Wildman–Crippen MR) is 138 cm³/mol. The fourth-order valence-electron chi connectivity index (χ4n) is 3.92. The molecule has 5 heterocycles. The molecule has 0 saturated carbocycles. The number of thiazole rings is 1. The van der Waals surface area contributed by atoms with Crippen LogP contribution in [0, 0.1) is 0 Å². The second-order valence-electron chi connectivity index (χ2n) is 7.84. The van der Waals surface area contributed by atoms with Crippen molar-refractivity contribution in [2.24, 2.45) is 5.16 Å². The van der Waals surface area contributed by atoms with Crippen molar-refractivity contribution in [3.8, 4) is 0 Å². The Bertz CT molecular complexity index is 1460. The Morgan fingerprint density at radius 3 is 2.92 bits per heavy atom. The summed E-state index contributed by atoms with van der Waals surface area (Å²) in [4.78, 5) is 52.6. The number of amides is 2. The van der Waals surface area contributed by atoms with Crippen LogP contribution in [0.3, 0.4) is 0 Å². The van der Waals surface area contributed by atoms with Crippen LogP contribution in [-0.4, -0.2) is 72.3 Å². The van der Waals surface area contributed by atoms with E-state index >= 15 is 0 Å². The van der Waals surface area contributed by atoms with Gasteiger partial charge in [0.1, 0.15) is 29.4 Å². The Balaban J connectivity index is 0.00000336. The van der Waals surface area contributed by atoms with Gasteiger partial charge in [-0.05, 0) is 24.6 Å². The number of nitrogens with zero attached hydrogens (tertiary/aromatic N) is 5. The minimum absolute atomic E-state index is 0. The summed E-state index contributed by atoms with van der Waals surface area (Å²) in [5.41, 5.74) is 6.97. The number of fused-ring (bicyclic) bond motifs is 2. The molecule has 12 nitrogen and oxygen atoms in total. The second-order valence-corrected chi connectivity index (χ2v) is 10.8. The molecular weight excluding hydrogens is 561 g/mol. The van der Waals surface area contributed by atoms with Crippen LogP contribution in [0.5, 0.6) is 0 Å². The maximum atomic E-state index is 13.0. The topological polar surface area (TPSA) is 167 Å². The third-order valence-corrected chi connectivity index (χ3v) is 8.71. The van der Waals surface area contributed by atoms with Gasteiger partial charge in [0, 0.05) is 29.3 Å². The van der Waals surface area contributed by atoms with Gasteiger partial charge in [-0.1, -0.05) is 11.2 Å². The molecule has 2 amide bonds. The molecular formula is C22H20N7NaO5S3. The Morgan fingerprint density at radius 2 is 2.21 bits per heavy atom. The minimum Gasteiger partial charge on any atom is -0.543 e. The number of carboxylic acid groups (broad SMARTS) is 1. The van der Waals surface area contributed by atoms with Crippen molar-refractivity contribution < 1.29 is 53.9 Å². The Kier molecular flexibility index (Phi) is 9.05. The maximum absolute atomic E-state index is 13.0. The van der Waals surface area contributed by atoms with E-state index in [-0.39, 0.29) is 58.4 Å². The second kappa shape index (κ2) is 12.1. The zero-order valence-electron chi connectivity index (χ0n) is 20.3. The third kappa shape index (κ3) is 5.44. The molecule has 3 aromatic rings. The van der Waals surface area contributed by atoms with Crippen molar-refractivity contribution in [2.75, 3.05) is 23.8 Å². The van der Waals surface area contributed by atoms with E-state index in [2.05, 4.69) is 20.4 Å². The third-order valence-electron chi connectivity index (χ3n) is 5.58. The van der Waals surface area contributed by atoms with Crippen molar-refractivity contribution in [1.82, 2.24) is 24.6 Å². The number of anilines is 1. The standard InChI is InChI=1S/C22H21N7O5S3.Na/c1-2-34-27-15(12-10-37-22(23)25-12)18(30)26-16-19(31)29-17(21(32)33)11(9-36-20(16)29)8-35-14-5-3-4-13-24-6-7-28(13)14;/h3-7,10,16,20H,2,8-9H2,1H3,(H2,23,25)(H,26,30)(H,32,33);/q;+1/p-1/b27-15-;/t16-,20+;/m1./s1. The van der Waals surface area contributed by atoms with Gasteiger partial charge in [0.05, 0.1) is 16.7 Å². The zero-order chi connectivity index (χ0) is 26.1. The number of carbonyl (C=O) groups is 3. The van der Waals surface area contributed by atoms with Crippen molar-refractivity contribution in [2.45, 2.75) is 23.4 Å². The van der Waals surface area contributed by atoms with E-state index < -0.39 is 29.2 Å². The largest absolute Gasteiger partial charge is 1.00 e. The number of aliphatic carboxylic acids is 1. The first-order chi connectivity index (χ1) is 17.9. The van der Waals surface area contributed by atoms with Gasteiger partial charge >= 0.3 is 29.6 Å². The van der Waals surface area contributed by atoms with Crippen LogP contribution in [0.15, 0.2) is 57.4 Å². The van der Waals surface area contributed by atoms with E-state index in [1.807, 2.05) is 28.8 Å². The SMILES string of the molecule is CCO/N=C(\C(=O)N[C@@H]1C(=O)N2C(C(=O)[O-])=C(CSc3cccc4nccn34)CS[C@@H]12)c1csc(N)n1.[Na+]. The number of pyridine rings is 1. The van der Waals surface area contributed by atoms with Crippen LogP contribution in [0.1, 0.15) is 12.6 Å². The minimum atomic E-state index is -1.43. The molecule has 0 unspecified atom stereocenters. The van der Waals surface area contributed by atoms with E-state index in [4.69, 9.17) is 10.6 Å². The maximum Gasteiger partial charge on any atom is 1.00 e. The molecule has 38 heavy (non-hydrogen) atoms. The molecule has 3 N–H and O–H groups in total. The van der Waals surface area contributed by atoms with Crippen LogP contribution in [-0.2, 0) is 19.2 Å². The van der Waals surface area contributed by atoms with Crippen molar-refractivity contribution >= 4 is 69.1 Å². The molecule has 2 atom stereocenters. The molecule has 2 aliphatic rings. The monoisotopic (exact) mass is 581 g/mol. The number of β-lactam (4-membered cyclic amide) rings is 1. The molecule has 5 rings (SSSR count). The summed E-state index contributed by atoms with van der Waals surface area (Å²) in [7, 11) is 0. The summed E-state index contributed by atoms with van der Waals surface area (Å²) in [6, 6.07) is 4.72. The predicted octanol–water partition coefficient (Wildman–Crippen LogP) is -2.69. The number of thioether (sulfide) groups is 2. The molecule has 0 bridgehead atoms. The molecule has 16 heteroatoms. The molecule has 0 spiro atoms. The van der Waals surface area contributed by atoms with Gasteiger partial charge in [0.25, 0.3) is 11.8 Å². The Hall–Kier alpha value is -2.56. The summed E-state index contributed by atoms with van der Waals surface area (Å²) < 4.78 is 1.90. The van der Waals surface area contributed by atoms with Crippen molar-refractivity contribution in [3.63, 3.8) is 0 Å². The van der Waals surface area contributed by atoms with Crippen LogP contribution in [0.25, 0.3) is 5.65 Å². The quantitative estimate of drug-likeness (QED) is 0.0893. The number of carboxylic acids is 1. The number of hydrogen-bond donors (Lipinski definition) is 2. The Morgan fingerprint density at radius 1 is 1.39 bits per heavy atom. The van der Waals surface area contributed by atoms with Crippen LogP contribution in [0.4, 0.5) is 5.13 Å². The van der Waals surface area contributed by atoms with Crippen LogP contribution in [0.2, 0.25) is 0 Å². The molecule has 1 fully saturated rings. The first-order valence-electron chi connectivity index (χ1n) is 11.0. The van der Waals surface area contributed by atoms with Gasteiger partial charge in [-0.15, -0.1) is 34.9 Å². The molecule has 1 saturated heterocycles. The molecule has 0 aliphatic carbocycles. The summed E-state index contributed by atoms with van der Waals surface area (Å²) in [6.45, 7) is 1.93.